The molecule has 4 aromatic rings. The fraction of sp³-hybridized carbons (Fsp3) is 0.259. The van der Waals surface area contributed by atoms with Crippen molar-refractivity contribution in [2.75, 3.05) is 18.4 Å². The van der Waals surface area contributed by atoms with E-state index in [-0.39, 0.29) is 0 Å². The molecule has 1 aliphatic heterocycles. The molecule has 0 radical (unpaired) electrons. The number of nitrogens with zero attached hydrogens (tertiary/aromatic N) is 3. The molecule has 1 saturated heterocycles. The number of alkyl halides is 3. The average Bonchev–Trinajstić information content (AvgIpc) is 2.85. The van der Waals surface area contributed by atoms with Gasteiger partial charge in [0.1, 0.15) is 12.1 Å². The third-order valence-corrected chi connectivity index (χ3v) is 6.23. The van der Waals surface area contributed by atoms with Gasteiger partial charge in [0.2, 0.25) is 0 Å². The molecule has 1 N–H and O–H groups in total. The Morgan fingerprint density at radius 2 is 1.59 bits per heavy atom. The molecule has 34 heavy (non-hydrogen) atoms. The number of fused-ring (bicyclic) bond motifs is 1. The quantitative estimate of drug-likeness (QED) is 0.345. The Bertz CT molecular complexity index is 1280. The zero-order valence-electron chi connectivity index (χ0n) is 18.6. The molecule has 0 bridgehead atoms. The van der Waals surface area contributed by atoms with Crippen molar-refractivity contribution in [1.82, 2.24) is 14.9 Å². The highest BCUT2D eigenvalue weighted by Crippen LogP contribution is 2.33. The van der Waals surface area contributed by atoms with Gasteiger partial charge in [0, 0.05) is 17.6 Å². The first-order chi connectivity index (χ1) is 16.5. The predicted octanol–water partition coefficient (Wildman–Crippen LogP) is 7.05. The summed E-state index contributed by atoms with van der Waals surface area (Å²) in [4.78, 5) is 11.1. The zero-order chi connectivity index (χ0) is 23.5. The summed E-state index contributed by atoms with van der Waals surface area (Å²) in [7, 11) is 0. The molecular formula is C27H25F3N4. The largest absolute Gasteiger partial charge is 0.416 e. The number of hydrogen-bond donors (Lipinski definition) is 1. The van der Waals surface area contributed by atoms with Gasteiger partial charge in [-0.3, -0.25) is 4.90 Å². The number of anilines is 2. The molecule has 0 aliphatic carbocycles. The second-order valence-corrected chi connectivity index (χ2v) is 8.69. The van der Waals surface area contributed by atoms with E-state index < -0.39 is 11.7 Å². The average molecular weight is 463 g/mol. The smallest absolute Gasteiger partial charge is 0.340 e. The number of halogens is 3. The van der Waals surface area contributed by atoms with Gasteiger partial charge >= 0.3 is 6.18 Å². The van der Waals surface area contributed by atoms with Gasteiger partial charge in [0.15, 0.2) is 0 Å². The molecule has 1 aromatic heterocycles. The zero-order valence-corrected chi connectivity index (χ0v) is 18.6. The second-order valence-electron chi connectivity index (χ2n) is 8.69. The van der Waals surface area contributed by atoms with Crippen LogP contribution in [0.3, 0.4) is 0 Å². The van der Waals surface area contributed by atoms with Crippen molar-refractivity contribution in [2.45, 2.75) is 32.0 Å². The van der Waals surface area contributed by atoms with Crippen LogP contribution in [0.1, 0.15) is 30.4 Å². The van der Waals surface area contributed by atoms with Gasteiger partial charge in [0.25, 0.3) is 0 Å². The Labute approximate surface area is 196 Å². The molecule has 2 heterocycles. The third kappa shape index (κ3) is 5.04. The first-order valence-corrected chi connectivity index (χ1v) is 11.5. The SMILES string of the molecule is FC(F)(F)c1cccc(Nc2ncnc3ccc(-c4ccc(CN5CCCCC5)cc4)cc23)c1. The normalized spacial score (nSPS) is 14.9. The van der Waals surface area contributed by atoms with Gasteiger partial charge in [-0.1, -0.05) is 42.8 Å². The van der Waals surface area contributed by atoms with Crippen LogP contribution in [0.5, 0.6) is 0 Å². The van der Waals surface area contributed by atoms with Crippen molar-refractivity contribution in [1.29, 1.82) is 0 Å². The van der Waals surface area contributed by atoms with Crippen LogP contribution in [0, 0.1) is 0 Å². The fourth-order valence-electron chi connectivity index (χ4n) is 4.42. The van der Waals surface area contributed by atoms with E-state index >= 15 is 0 Å². The second kappa shape index (κ2) is 9.43. The summed E-state index contributed by atoms with van der Waals surface area (Å²) < 4.78 is 39.3. The van der Waals surface area contributed by atoms with Gasteiger partial charge in [-0.2, -0.15) is 13.2 Å². The number of nitrogens with one attached hydrogen (secondary N) is 1. The summed E-state index contributed by atoms with van der Waals surface area (Å²) in [5, 5.41) is 3.78. The summed E-state index contributed by atoms with van der Waals surface area (Å²) in [6.45, 7) is 3.29. The molecule has 174 valence electrons. The Balaban J connectivity index is 1.40. The molecule has 5 rings (SSSR count). The lowest BCUT2D eigenvalue weighted by Crippen LogP contribution is -2.28. The van der Waals surface area contributed by atoms with E-state index in [2.05, 4.69) is 44.5 Å². The number of benzene rings is 3. The molecule has 0 saturated carbocycles. The molecule has 0 atom stereocenters. The standard InChI is InChI=1S/C27H25F3N4/c28-27(29,30)22-5-4-6-23(16-22)33-26-24-15-21(11-12-25(24)31-18-32-26)20-9-7-19(8-10-20)17-34-13-2-1-3-14-34/h4-12,15-16,18H,1-3,13-14,17H2,(H,31,32,33). The lowest BCUT2D eigenvalue weighted by Gasteiger charge is -2.26. The molecule has 0 spiro atoms. The Kier molecular flexibility index (Phi) is 6.20. The van der Waals surface area contributed by atoms with Gasteiger partial charge in [-0.15, -0.1) is 0 Å². The summed E-state index contributed by atoms with van der Waals surface area (Å²) in [5.74, 6) is 0.466. The van der Waals surface area contributed by atoms with Crippen LogP contribution in [0.4, 0.5) is 24.7 Å². The van der Waals surface area contributed by atoms with Crippen molar-refractivity contribution in [2.24, 2.45) is 0 Å². The van der Waals surface area contributed by atoms with Gasteiger partial charge in [-0.25, -0.2) is 9.97 Å². The highest BCUT2D eigenvalue weighted by atomic mass is 19.4. The Morgan fingerprint density at radius 1 is 0.824 bits per heavy atom. The topological polar surface area (TPSA) is 41.1 Å². The number of likely N-dealkylation sites (tertiary alicyclic amines) is 1. The van der Waals surface area contributed by atoms with E-state index in [1.165, 1.54) is 37.2 Å². The number of aromatic nitrogens is 2. The molecule has 0 unspecified atom stereocenters. The van der Waals surface area contributed by atoms with Crippen molar-refractivity contribution in [3.8, 4) is 11.1 Å². The van der Waals surface area contributed by atoms with Crippen LogP contribution in [-0.2, 0) is 12.7 Å². The van der Waals surface area contributed by atoms with E-state index in [9.17, 15) is 13.2 Å². The number of piperidine rings is 1. The van der Waals surface area contributed by atoms with Crippen molar-refractivity contribution in [3.63, 3.8) is 0 Å². The maximum atomic E-state index is 13.1. The lowest BCUT2D eigenvalue weighted by molar-refractivity contribution is -0.137. The summed E-state index contributed by atoms with van der Waals surface area (Å²) in [6.07, 6.45) is 0.875. The van der Waals surface area contributed by atoms with Gasteiger partial charge in [-0.05, 0) is 73.0 Å². The summed E-state index contributed by atoms with van der Waals surface area (Å²) in [6, 6.07) is 19.6. The molecule has 7 heteroatoms. The van der Waals surface area contributed by atoms with Crippen LogP contribution in [0.25, 0.3) is 22.0 Å². The van der Waals surface area contributed by atoms with Crippen LogP contribution < -0.4 is 5.32 Å². The predicted molar refractivity (Wildman–Crippen MR) is 129 cm³/mol. The van der Waals surface area contributed by atoms with Crippen LogP contribution in [-0.4, -0.2) is 28.0 Å². The van der Waals surface area contributed by atoms with E-state index in [1.807, 2.05) is 18.2 Å². The molecule has 4 nitrogen and oxygen atoms in total. The number of hydrogen-bond acceptors (Lipinski definition) is 4. The molecule has 1 fully saturated rings. The van der Waals surface area contributed by atoms with Crippen LogP contribution >= 0.6 is 0 Å². The first kappa shape index (κ1) is 22.3. The maximum absolute atomic E-state index is 13.1. The van der Waals surface area contributed by atoms with Gasteiger partial charge in [0.05, 0.1) is 11.1 Å². The fourth-order valence-corrected chi connectivity index (χ4v) is 4.42. The molecule has 1 aliphatic rings. The van der Waals surface area contributed by atoms with E-state index in [0.29, 0.717) is 11.5 Å². The monoisotopic (exact) mass is 462 g/mol. The molecule has 3 aromatic carbocycles. The Hall–Kier alpha value is -3.45. The minimum atomic E-state index is -4.40. The summed E-state index contributed by atoms with van der Waals surface area (Å²) in [5.41, 5.74) is 3.69. The van der Waals surface area contributed by atoms with E-state index in [4.69, 9.17) is 0 Å². The minimum Gasteiger partial charge on any atom is -0.340 e. The molecule has 0 amide bonds. The van der Waals surface area contributed by atoms with Crippen LogP contribution in [0.15, 0.2) is 73.1 Å². The van der Waals surface area contributed by atoms with Gasteiger partial charge < -0.3 is 5.32 Å². The van der Waals surface area contributed by atoms with Crippen molar-refractivity contribution in [3.05, 3.63) is 84.2 Å². The third-order valence-electron chi connectivity index (χ3n) is 6.23. The van der Waals surface area contributed by atoms with E-state index in [1.54, 1.807) is 6.07 Å². The Morgan fingerprint density at radius 3 is 2.35 bits per heavy atom. The van der Waals surface area contributed by atoms with Crippen molar-refractivity contribution < 1.29 is 13.2 Å². The minimum absolute atomic E-state index is 0.322. The summed E-state index contributed by atoms with van der Waals surface area (Å²) >= 11 is 0. The van der Waals surface area contributed by atoms with Crippen LogP contribution in [0.2, 0.25) is 0 Å². The number of rotatable bonds is 5. The van der Waals surface area contributed by atoms with Crippen molar-refractivity contribution >= 4 is 22.4 Å². The first-order valence-electron chi connectivity index (χ1n) is 11.5. The highest BCUT2D eigenvalue weighted by molar-refractivity contribution is 5.93. The highest BCUT2D eigenvalue weighted by Gasteiger charge is 2.30. The maximum Gasteiger partial charge on any atom is 0.416 e. The molecular weight excluding hydrogens is 437 g/mol. The van der Waals surface area contributed by atoms with E-state index in [0.717, 1.165) is 53.8 Å². The lowest BCUT2D eigenvalue weighted by atomic mass is 10.0.